The van der Waals surface area contributed by atoms with Gasteiger partial charge in [0.15, 0.2) is 0 Å². The van der Waals surface area contributed by atoms with Crippen molar-refractivity contribution in [1.29, 1.82) is 0 Å². The Labute approximate surface area is 56.3 Å². The van der Waals surface area contributed by atoms with Crippen LogP contribution >= 0.6 is 0 Å². The first-order chi connectivity index (χ1) is 4.33. The summed E-state index contributed by atoms with van der Waals surface area (Å²) in [5.74, 6) is 0. The van der Waals surface area contributed by atoms with Crippen molar-refractivity contribution in [3.8, 4) is 0 Å². The third-order valence-corrected chi connectivity index (χ3v) is 1.87. The van der Waals surface area contributed by atoms with E-state index in [4.69, 9.17) is 6.57 Å². The second kappa shape index (κ2) is 2.84. The van der Waals surface area contributed by atoms with Gasteiger partial charge < -0.3 is 9.74 Å². The number of rotatable bonds is 0. The van der Waals surface area contributed by atoms with Crippen molar-refractivity contribution in [1.82, 2.24) is 4.90 Å². The Morgan fingerprint density at radius 3 is 2.44 bits per heavy atom. The standard InChI is InChI=1S/C7H12N2/c1-8-7-3-5-9(2)6-4-7/h7H,3-6H2,2H3. The predicted molar refractivity (Wildman–Crippen MR) is 37.1 cm³/mol. The molecule has 2 heteroatoms. The first-order valence-electron chi connectivity index (χ1n) is 3.38. The van der Waals surface area contributed by atoms with E-state index in [9.17, 15) is 0 Å². The van der Waals surface area contributed by atoms with Crippen LogP contribution in [0.5, 0.6) is 0 Å². The molecule has 0 spiro atoms. The molecular formula is C7H12N2. The molecule has 0 aliphatic carbocycles. The van der Waals surface area contributed by atoms with Crippen LogP contribution in [0.4, 0.5) is 0 Å². The van der Waals surface area contributed by atoms with Crippen molar-refractivity contribution >= 4 is 0 Å². The van der Waals surface area contributed by atoms with E-state index in [0.717, 1.165) is 25.9 Å². The van der Waals surface area contributed by atoms with Crippen molar-refractivity contribution in [3.63, 3.8) is 0 Å². The number of nitrogens with zero attached hydrogens (tertiary/aromatic N) is 2. The molecule has 0 saturated carbocycles. The summed E-state index contributed by atoms with van der Waals surface area (Å²) >= 11 is 0. The predicted octanol–water partition coefficient (Wildman–Crippen LogP) is 1.000. The quantitative estimate of drug-likeness (QED) is 0.437. The molecule has 0 aromatic rings. The number of piperidine rings is 1. The van der Waals surface area contributed by atoms with Gasteiger partial charge in [0.05, 0.1) is 0 Å². The van der Waals surface area contributed by atoms with E-state index in [0.29, 0.717) is 6.04 Å². The van der Waals surface area contributed by atoms with Gasteiger partial charge in [0.1, 0.15) is 0 Å². The molecule has 1 rings (SSSR count). The van der Waals surface area contributed by atoms with Gasteiger partial charge in [0.2, 0.25) is 6.04 Å². The highest BCUT2D eigenvalue weighted by Gasteiger charge is 2.19. The summed E-state index contributed by atoms with van der Waals surface area (Å²) in [5.41, 5.74) is 0. The molecule has 0 unspecified atom stereocenters. The SMILES string of the molecule is [C-]#[N+]C1CCN(C)CC1. The molecule has 1 saturated heterocycles. The minimum absolute atomic E-state index is 0.321. The molecule has 1 heterocycles. The van der Waals surface area contributed by atoms with E-state index in [1.54, 1.807) is 0 Å². The van der Waals surface area contributed by atoms with E-state index < -0.39 is 0 Å². The van der Waals surface area contributed by atoms with Gasteiger partial charge in [-0.3, -0.25) is 0 Å². The second-order valence-corrected chi connectivity index (χ2v) is 2.66. The number of hydrogen-bond acceptors (Lipinski definition) is 1. The van der Waals surface area contributed by atoms with Crippen LogP contribution in [0.1, 0.15) is 12.8 Å². The average Bonchev–Trinajstić information content (AvgIpc) is 1.90. The van der Waals surface area contributed by atoms with Gasteiger partial charge in [-0.1, -0.05) is 0 Å². The lowest BCUT2D eigenvalue weighted by Crippen LogP contribution is -2.31. The van der Waals surface area contributed by atoms with Gasteiger partial charge in [-0.25, -0.2) is 6.57 Å². The fourth-order valence-electron chi connectivity index (χ4n) is 1.12. The maximum Gasteiger partial charge on any atom is 0.226 e. The summed E-state index contributed by atoms with van der Waals surface area (Å²) in [6.07, 6.45) is 2.14. The van der Waals surface area contributed by atoms with E-state index in [1.165, 1.54) is 0 Å². The summed E-state index contributed by atoms with van der Waals surface area (Å²) in [7, 11) is 2.11. The van der Waals surface area contributed by atoms with Gasteiger partial charge in [0, 0.05) is 25.9 Å². The lowest BCUT2D eigenvalue weighted by Gasteiger charge is -2.21. The Kier molecular flexibility index (Phi) is 2.07. The van der Waals surface area contributed by atoms with Crippen molar-refractivity contribution in [3.05, 3.63) is 11.4 Å². The molecule has 0 radical (unpaired) electrons. The smallest absolute Gasteiger partial charge is 0.226 e. The van der Waals surface area contributed by atoms with Crippen LogP contribution in [0.15, 0.2) is 0 Å². The van der Waals surface area contributed by atoms with Crippen LogP contribution in [0.25, 0.3) is 4.85 Å². The van der Waals surface area contributed by atoms with Crippen LogP contribution in [-0.2, 0) is 0 Å². The van der Waals surface area contributed by atoms with E-state index in [2.05, 4.69) is 16.8 Å². The zero-order valence-electron chi connectivity index (χ0n) is 5.80. The molecule has 1 fully saturated rings. The van der Waals surface area contributed by atoms with E-state index in [-0.39, 0.29) is 0 Å². The molecule has 0 amide bonds. The Balaban J connectivity index is 2.28. The van der Waals surface area contributed by atoms with Gasteiger partial charge in [-0.2, -0.15) is 0 Å². The molecule has 9 heavy (non-hydrogen) atoms. The van der Waals surface area contributed by atoms with Crippen molar-refractivity contribution in [2.75, 3.05) is 20.1 Å². The van der Waals surface area contributed by atoms with Gasteiger partial charge in [-0.15, -0.1) is 0 Å². The van der Waals surface area contributed by atoms with Crippen LogP contribution in [0.2, 0.25) is 0 Å². The molecule has 0 bridgehead atoms. The Hall–Kier alpha value is -0.550. The van der Waals surface area contributed by atoms with Crippen LogP contribution in [0.3, 0.4) is 0 Å². The Morgan fingerprint density at radius 1 is 1.44 bits per heavy atom. The first-order valence-corrected chi connectivity index (χ1v) is 3.38. The topological polar surface area (TPSA) is 7.60 Å². The first kappa shape index (κ1) is 6.57. The minimum atomic E-state index is 0.321. The number of likely N-dealkylation sites (tertiary alicyclic amines) is 1. The zero-order valence-corrected chi connectivity index (χ0v) is 5.80. The molecule has 1 aliphatic heterocycles. The molecule has 50 valence electrons. The van der Waals surface area contributed by atoms with Crippen molar-refractivity contribution in [2.24, 2.45) is 0 Å². The molecule has 0 atom stereocenters. The van der Waals surface area contributed by atoms with Crippen molar-refractivity contribution in [2.45, 2.75) is 18.9 Å². The van der Waals surface area contributed by atoms with E-state index in [1.807, 2.05) is 0 Å². The van der Waals surface area contributed by atoms with Crippen LogP contribution in [-0.4, -0.2) is 31.1 Å². The monoisotopic (exact) mass is 124 g/mol. The highest BCUT2D eigenvalue weighted by atomic mass is 15.1. The summed E-state index contributed by atoms with van der Waals surface area (Å²) in [4.78, 5) is 5.78. The summed E-state index contributed by atoms with van der Waals surface area (Å²) in [6.45, 7) is 8.98. The highest BCUT2D eigenvalue weighted by molar-refractivity contribution is 4.83. The summed E-state index contributed by atoms with van der Waals surface area (Å²) in [6, 6.07) is 0.321. The minimum Gasteiger partial charge on any atom is -0.314 e. The summed E-state index contributed by atoms with van der Waals surface area (Å²) < 4.78 is 0. The molecular weight excluding hydrogens is 112 g/mol. The lowest BCUT2D eigenvalue weighted by atomic mass is 10.1. The molecule has 2 nitrogen and oxygen atoms in total. The maximum atomic E-state index is 6.77. The van der Waals surface area contributed by atoms with Gasteiger partial charge in [0.25, 0.3) is 0 Å². The summed E-state index contributed by atoms with van der Waals surface area (Å²) in [5, 5.41) is 0. The van der Waals surface area contributed by atoms with Crippen molar-refractivity contribution < 1.29 is 0 Å². The molecule has 1 aliphatic rings. The zero-order chi connectivity index (χ0) is 6.69. The van der Waals surface area contributed by atoms with Crippen LogP contribution < -0.4 is 0 Å². The van der Waals surface area contributed by atoms with Crippen LogP contribution in [0, 0.1) is 6.57 Å². The third-order valence-electron chi connectivity index (χ3n) is 1.87. The third kappa shape index (κ3) is 1.69. The number of hydrogen-bond donors (Lipinski definition) is 0. The largest absolute Gasteiger partial charge is 0.314 e. The Bertz CT molecular complexity index is 117. The Morgan fingerprint density at radius 2 is 2.00 bits per heavy atom. The lowest BCUT2D eigenvalue weighted by molar-refractivity contribution is 0.269. The molecule has 0 aromatic heterocycles. The van der Waals surface area contributed by atoms with E-state index >= 15 is 0 Å². The van der Waals surface area contributed by atoms with Gasteiger partial charge in [-0.05, 0) is 7.05 Å². The molecule has 0 N–H and O–H groups in total. The molecule has 0 aromatic carbocycles. The average molecular weight is 124 g/mol. The second-order valence-electron chi connectivity index (χ2n) is 2.66. The van der Waals surface area contributed by atoms with Gasteiger partial charge >= 0.3 is 0 Å². The fraction of sp³-hybridized carbons (Fsp3) is 0.857. The fourth-order valence-corrected chi connectivity index (χ4v) is 1.12. The maximum absolute atomic E-state index is 6.77. The highest BCUT2D eigenvalue weighted by Crippen LogP contribution is 2.10. The normalized spacial score (nSPS) is 23.6.